The van der Waals surface area contributed by atoms with Gasteiger partial charge in [-0.1, -0.05) is 5.16 Å². The first-order chi connectivity index (χ1) is 9.47. The molecule has 0 saturated carbocycles. The first-order valence-electron chi connectivity index (χ1n) is 6.11. The predicted molar refractivity (Wildman–Crippen MR) is 67.4 cm³/mol. The maximum atomic E-state index is 12.0. The van der Waals surface area contributed by atoms with E-state index in [1.165, 1.54) is 6.26 Å². The lowest BCUT2D eigenvalue weighted by molar-refractivity contribution is -0.130. The second kappa shape index (κ2) is 4.22. The molecule has 7 heteroatoms. The van der Waals surface area contributed by atoms with Gasteiger partial charge in [-0.3, -0.25) is 9.69 Å². The van der Waals surface area contributed by atoms with Crippen LogP contribution in [0.2, 0.25) is 0 Å². The minimum atomic E-state index is -0.884. The molecule has 0 radical (unpaired) electrons. The number of hydrogen-bond donors (Lipinski definition) is 1. The van der Waals surface area contributed by atoms with Crippen LogP contribution in [0, 0.1) is 0 Å². The molecular weight excluding hydrogens is 262 g/mol. The molecule has 1 fully saturated rings. The van der Waals surface area contributed by atoms with Crippen LogP contribution in [-0.4, -0.2) is 27.5 Å². The molecule has 20 heavy (non-hydrogen) atoms. The normalized spacial score (nSPS) is 17.6. The van der Waals surface area contributed by atoms with E-state index in [-0.39, 0.29) is 12.5 Å². The summed E-state index contributed by atoms with van der Waals surface area (Å²) in [4.78, 5) is 24.9. The molecule has 1 aliphatic rings. The minimum Gasteiger partial charge on any atom is -0.461 e. The lowest BCUT2D eigenvalue weighted by Gasteiger charge is -2.14. The van der Waals surface area contributed by atoms with Gasteiger partial charge in [0, 0.05) is 6.07 Å². The number of rotatable bonds is 3. The number of furan rings is 1. The molecular formula is C13H13N3O4. The van der Waals surface area contributed by atoms with E-state index in [1.54, 1.807) is 32.0 Å². The van der Waals surface area contributed by atoms with Crippen LogP contribution in [0.3, 0.4) is 0 Å². The van der Waals surface area contributed by atoms with Crippen LogP contribution in [0.4, 0.5) is 4.79 Å². The van der Waals surface area contributed by atoms with E-state index in [0.717, 1.165) is 4.90 Å². The number of nitrogens with one attached hydrogen (secondary N) is 1. The van der Waals surface area contributed by atoms with Crippen molar-refractivity contribution in [1.29, 1.82) is 0 Å². The van der Waals surface area contributed by atoms with Crippen molar-refractivity contribution < 1.29 is 18.5 Å². The Balaban J connectivity index is 1.79. The zero-order chi connectivity index (χ0) is 14.3. The van der Waals surface area contributed by atoms with Gasteiger partial charge >= 0.3 is 6.03 Å². The molecule has 0 aliphatic carbocycles. The second-order valence-electron chi connectivity index (χ2n) is 5.11. The zero-order valence-corrected chi connectivity index (χ0v) is 11.0. The maximum absolute atomic E-state index is 12.0. The predicted octanol–water partition coefficient (Wildman–Crippen LogP) is 1.76. The molecule has 0 bridgehead atoms. The number of nitrogens with zero attached hydrogens (tertiary/aromatic N) is 2. The highest BCUT2D eigenvalue weighted by Gasteiger charge is 2.44. The summed E-state index contributed by atoms with van der Waals surface area (Å²) < 4.78 is 10.3. The molecule has 0 aromatic carbocycles. The van der Waals surface area contributed by atoms with Crippen molar-refractivity contribution in [3.63, 3.8) is 0 Å². The quantitative estimate of drug-likeness (QED) is 0.862. The molecule has 1 saturated heterocycles. The molecule has 7 nitrogen and oxygen atoms in total. The maximum Gasteiger partial charge on any atom is 0.325 e. The molecule has 2 aromatic rings. The van der Waals surface area contributed by atoms with E-state index in [9.17, 15) is 9.59 Å². The number of aromatic nitrogens is 1. The number of imide groups is 1. The Kier molecular flexibility index (Phi) is 2.63. The highest BCUT2D eigenvalue weighted by atomic mass is 16.5. The summed E-state index contributed by atoms with van der Waals surface area (Å²) in [5.41, 5.74) is -0.400. The number of carbonyl (C=O) groups is 2. The van der Waals surface area contributed by atoms with Gasteiger partial charge in [0.15, 0.2) is 5.76 Å². The van der Waals surface area contributed by atoms with Crippen LogP contribution in [0.25, 0.3) is 11.5 Å². The summed E-state index contributed by atoms with van der Waals surface area (Å²) in [6.07, 6.45) is 1.53. The van der Waals surface area contributed by atoms with Crippen molar-refractivity contribution in [2.24, 2.45) is 0 Å². The summed E-state index contributed by atoms with van der Waals surface area (Å²) >= 11 is 0. The van der Waals surface area contributed by atoms with Gasteiger partial charge in [-0.15, -0.1) is 0 Å². The van der Waals surface area contributed by atoms with E-state index in [0.29, 0.717) is 17.2 Å². The van der Waals surface area contributed by atoms with Crippen LogP contribution in [0.1, 0.15) is 19.5 Å². The van der Waals surface area contributed by atoms with Gasteiger partial charge in [-0.05, 0) is 26.0 Å². The Labute approximate surface area is 114 Å². The number of urea groups is 1. The van der Waals surface area contributed by atoms with Gasteiger partial charge in [0.25, 0.3) is 5.91 Å². The Morgan fingerprint density at radius 1 is 1.35 bits per heavy atom. The lowest BCUT2D eigenvalue weighted by atomic mass is 10.1. The fourth-order valence-corrected chi connectivity index (χ4v) is 2.04. The summed E-state index contributed by atoms with van der Waals surface area (Å²) in [6.45, 7) is 3.38. The third kappa shape index (κ3) is 1.97. The van der Waals surface area contributed by atoms with Crippen molar-refractivity contribution in [3.8, 4) is 11.5 Å². The van der Waals surface area contributed by atoms with Gasteiger partial charge < -0.3 is 14.3 Å². The Morgan fingerprint density at radius 2 is 2.15 bits per heavy atom. The summed E-state index contributed by atoms with van der Waals surface area (Å²) in [6, 6.07) is 4.69. The van der Waals surface area contributed by atoms with Crippen molar-refractivity contribution >= 4 is 11.9 Å². The SMILES string of the molecule is CC1(C)NC(=O)N(Cc2cc(-c3ccco3)on2)C1=O. The number of amides is 3. The highest BCUT2D eigenvalue weighted by Crippen LogP contribution is 2.23. The largest absolute Gasteiger partial charge is 0.461 e. The second-order valence-corrected chi connectivity index (χ2v) is 5.11. The molecule has 2 aromatic heterocycles. The Bertz CT molecular complexity index is 657. The average molecular weight is 275 g/mol. The molecule has 3 amide bonds. The summed E-state index contributed by atoms with van der Waals surface area (Å²) in [5, 5.41) is 6.45. The minimum absolute atomic E-state index is 0.0678. The van der Waals surface area contributed by atoms with Gasteiger partial charge in [-0.25, -0.2) is 4.79 Å². The number of hydrogen-bond acceptors (Lipinski definition) is 5. The van der Waals surface area contributed by atoms with Crippen LogP contribution >= 0.6 is 0 Å². The van der Waals surface area contributed by atoms with Gasteiger partial charge in [0.2, 0.25) is 5.76 Å². The van der Waals surface area contributed by atoms with Gasteiger partial charge in [0.05, 0.1) is 12.8 Å². The molecule has 104 valence electrons. The van der Waals surface area contributed by atoms with E-state index in [1.807, 2.05) is 0 Å². The standard InChI is InChI=1S/C13H13N3O4/c1-13(2)11(17)16(12(18)14-13)7-8-6-10(20-15-8)9-4-3-5-19-9/h3-6H,7H2,1-2H3,(H,14,18). The van der Waals surface area contributed by atoms with Crippen molar-refractivity contribution in [1.82, 2.24) is 15.4 Å². The molecule has 0 atom stereocenters. The van der Waals surface area contributed by atoms with Crippen molar-refractivity contribution in [2.45, 2.75) is 25.9 Å². The van der Waals surface area contributed by atoms with Crippen LogP contribution in [0.15, 0.2) is 33.4 Å². The molecule has 1 aliphatic heterocycles. The highest BCUT2D eigenvalue weighted by molar-refractivity contribution is 6.06. The van der Waals surface area contributed by atoms with Gasteiger partial charge in [0.1, 0.15) is 11.2 Å². The molecule has 3 rings (SSSR count). The topological polar surface area (TPSA) is 88.6 Å². The number of carbonyl (C=O) groups excluding carboxylic acids is 2. The van der Waals surface area contributed by atoms with Crippen LogP contribution in [-0.2, 0) is 11.3 Å². The van der Waals surface area contributed by atoms with Crippen LogP contribution < -0.4 is 5.32 Å². The first-order valence-corrected chi connectivity index (χ1v) is 6.11. The van der Waals surface area contributed by atoms with E-state index >= 15 is 0 Å². The molecule has 0 spiro atoms. The monoisotopic (exact) mass is 275 g/mol. The Morgan fingerprint density at radius 3 is 2.75 bits per heavy atom. The lowest BCUT2D eigenvalue weighted by Crippen LogP contribution is -2.40. The van der Waals surface area contributed by atoms with E-state index in [2.05, 4.69) is 10.5 Å². The smallest absolute Gasteiger partial charge is 0.325 e. The Hall–Kier alpha value is -2.57. The summed E-state index contributed by atoms with van der Waals surface area (Å²) in [5.74, 6) is 0.711. The molecule has 0 unspecified atom stereocenters. The molecule has 1 N–H and O–H groups in total. The zero-order valence-electron chi connectivity index (χ0n) is 11.0. The average Bonchev–Trinajstić information content (AvgIpc) is 3.07. The van der Waals surface area contributed by atoms with E-state index < -0.39 is 11.6 Å². The van der Waals surface area contributed by atoms with Crippen molar-refractivity contribution in [2.75, 3.05) is 0 Å². The molecule has 3 heterocycles. The fourth-order valence-electron chi connectivity index (χ4n) is 2.04. The van der Waals surface area contributed by atoms with E-state index in [4.69, 9.17) is 8.94 Å². The summed E-state index contributed by atoms with van der Waals surface area (Å²) in [7, 11) is 0. The fraction of sp³-hybridized carbons (Fsp3) is 0.308. The third-order valence-corrected chi connectivity index (χ3v) is 3.09. The van der Waals surface area contributed by atoms with Crippen molar-refractivity contribution in [3.05, 3.63) is 30.2 Å². The van der Waals surface area contributed by atoms with Crippen LogP contribution in [0.5, 0.6) is 0 Å². The van der Waals surface area contributed by atoms with Gasteiger partial charge in [-0.2, -0.15) is 0 Å². The first kappa shape index (κ1) is 12.5. The third-order valence-electron chi connectivity index (χ3n) is 3.09.